The van der Waals surface area contributed by atoms with Crippen LogP contribution in [0.15, 0.2) is 394 Å². The first-order valence-corrected chi connectivity index (χ1v) is 46.5. The van der Waals surface area contributed by atoms with Crippen molar-refractivity contribution >= 4 is 64.6 Å². The molecule has 0 nitrogen and oxygen atoms in total. The molecule has 0 spiro atoms. The number of aryl methyl sites for hydroxylation is 1. The molecule has 130 heavy (non-hydrogen) atoms. The molecule has 0 saturated carbocycles. The Labute approximate surface area is 762 Å². The summed E-state index contributed by atoms with van der Waals surface area (Å²) in [5.41, 5.74) is 48.4. The maximum atomic E-state index is 2.51. The van der Waals surface area contributed by atoms with Crippen LogP contribution < -0.4 is 0 Å². The smallest absolute Gasteiger partial charge is 0.0159 e. The summed E-state index contributed by atoms with van der Waals surface area (Å²) in [6.45, 7) is 26.0. The molecule has 0 bridgehead atoms. The molecular formula is C130H98. The predicted octanol–water partition coefficient (Wildman–Crippen LogP) is 35.5. The van der Waals surface area contributed by atoms with E-state index in [1.807, 2.05) is 0 Å². The molecule has 5 aliphatic carbocycles. The van der Waals surface area contributed by atoms with E-state index in [0.29, 0.717) is 0 Å². The Morgan fingerprint density at radius 2 is 0.292 bits per heavy atom. The Morgan fingerprint density at radius 1 is 0.123 bits per heavy atom. The summed E-state index contributed by atoms with van der Waals surface area (Å²) in [6.07, 6.45) is 0. The maximum Gasteiger partial charge on any atom is 0.0159 e. The summed E-state index contributed by atoms with van der Waals surface area (Å²) in [4.78, 5) is 0. The second-order valence-corrected chi connectivity index (χ2v) is 40.1. The highest BCUT2D eigenvalue weighted by atomic mass is 14.4. The van der Waals surface area contributed by atoms with E-state index in [0.717, 1.165) is 0 Å². The summed E-state index contributed by atoms with van der Waals surface area (Å²) in [5, 5.41) is 15.3. The highest BCUT2D eigenvalue weighted by Crippen LogP contribution is 2.59. The zero-order chi connectivity index (χ0) is 87.8. The van der Waals surface area contributed by atoms with Gasteiger partial charge in [0.15, 0.2) is 0 Å². The van der Waals surface area contributed by atoms with Crippen LogP contribution in [0.2, 0.25) is 0 Å². The molecule has 21 aromatic rings. The van der Waals surface area contributed by atoms with Crippen LogP contribution in [0.1, 0.15) is 130 Å². The Bertz CT molecular complexity index is 8420. The summed E-state index contributed by atoms with van der Waals surface area (Å²) < 4.78 is 0. The largest absolute Gasteiger partial charge is 0.0619 e. The summed E-state index contributed by atoms with van der Waals surface area (Å²) in [5.74, 6) is 0. The van der Waals surface area contributed by atoms with E-state index in [2.05, 4.69) is 470 Å². The van der Waals surface area contributed by atoms with Gasteiger partial charge >= 0.3 is 0 Å². The molecule has 0 N–H and O–H groups in total. The summed E-state index contributed by atoms with van der Waals surface area (Å²) in [6, 6.07) is 150. The molecule has 0 unspecified atom stereocenters. The summed E-state index contributed by atoms with van der Waals surface area (Å²) in [7, 11) is 0. The van der Waals surface area contributed by atoms with E-state index in [9.17, 15) is 0 Å². The third-order valence-electron chi connectivity index (χ3n) is 31.2. The molecular weight excluding hydrogens is 1560 g/mol. The third kappa shape index (κ3) is 11.3. The van der Waals surface area contributed by atoms with Crippen molar-refractivity contribution in [2.24, 2.45) is 0 Å². The molecule has 0 radical (unpaired) electrons. The molecule has 618 valence electrons. The Morgan fingerprint density at radius 3 is 0.538 bits per heavy atom. The fourth-order valence-corrected chi connectivity index (χ4v) is 24.6. The maximum absolute atomic E-state index is 2.51. The van der Waals surface area contributed by atoms with E-state index < -0.39 is 0 Å². The van der Waals surface area contributed by atoms with Crippen molar-refractivity contribution in [2.75, 3.05) is 0 Å². The van der Waals surface area contributed by atoms with Crippen LogP contribution in [0.4, 0.5) is 0 Å². The summed E-state index contributed by atoms with van der Waals surface area (Å²) >= 11 is 0. The van der Waals surface area contributed by atoms with Gasteiger partial charge in [0.2, 0.25) is 0 Å². The zero-order valence-electron chi connectivity index (χ0n) is 75.5. The third-order valence-corrected chi connectivity index (χ3v) is 31.2. The van der Waals surface area contributed by atoms with Crippen LogP contribution in [0.3, 0.4) is 0 Å². The van der Waals surface area contributed by atoms with E-state index in [1.165, 1.54) is 270 Å². The van der Waals surface area contributed by atoms with Gasteiger partial charge in [-0.3, -0.25) is 0 Å². The van der Waals surface area contributed by atoms with Crippen molar-refractivity contribution < 1.29 is 0 Å². The second kappa shape index (κ2) is 28.3. The highest BCUT2D eigenvalue weighted by Gasteiger charge is 2.42. The number of hydrogen-bond donors (Lipinski definition) is 0. The molecule has 0 atom stereocenters. The van der Waals surface area contributed by atoms with E-state index in [1.54, 1.807) is 0 Å². The van der Waals surface area contributed by atoms with Crippen molar-refractivity contribution in [3.63, 3.8) is 0 Å². The normalized spacial score (nSPS) is 14.7. The van der Waals surface area contributed by atoms with E-state index in [4.69, 9.17) is 0 Å². The minimum atomic E-state index is -0.127. The molecule has 0 heterocycles. The average molecular weight is 1660 g/mol. The molecule has 0 saturated heterocycles. The second-order valence-electron chi connectivity index (χ2n) is 40.1. The van der Waals surface area contributed by atoms with Crippen LogP contribution in [-0.4, -0.2) is 0 Å². The minimum absolute atomic E-state index is 0.0686. The van der Waals surface area contributed by atoms with Crippen molar-refractivity contribution in [1.82, 2.24) is 0 Å². The van der Waals surface area contributed by atoms with Gasteiger partial charge in [0.05, 0.1) is 0 Å². The van der Waals surface area contributed by atoms with Crippen LogP contribution in [0.25, 0.3) is 209 Å². The van der Waals surface area contributed by atoms with Gasteiger partial charge in [-0.15, -0.1) is 0 Å². The average Bonchev–Trinajstić information content (AvgIpc) is 1.18. The molecule has 0 amide bonds. The lowest BCUT2D eigenvalue weighted by Gasteiger charge is -2.24. The predicted molar refractivity (Wildman–Crippen MR) is 554 cm³/mol. The van der Waals surface area contributed by atoms with Crippen LogP contribution in [-0.2, 0) is 27.1 Å². The molecule has 0 heteroatoms. The standard InChI is InChI=1S/C79H58.C51H40/c1-77(2)67-28-16-13-19-53(67)56-39-36-50(44-70(56)77)74-61-24-9-7-22-59(61)73(60-23-8-10-25-62(60)74)48-33-31-47(32-34-48)49-35-42-65-66(43-49)76(52-38-41-58-55-21-15-18-30-69(55)79(5,6)72(58)46-52)64-27-12-11-26-63(64)75(65)51-37-40-57-54-20-14-17-29-68(54)78(3,4)71(57)45-51;1-31-18-20-32(21-19-31)33-22-27-42-43(28-33)49(35-24-26-39-37-13-9-11-17-45(37)51(4,5)47(39)30-35)41-15-7-6-14-40(41)48(42)34-23-25-38-36-12-8-10-16-44(36)50(2,3)46(38)29-34/h7-46H,1-6H3;6-30H,1-5H3. The topological polar surface area (TPSA) is 0 Å². The Hall–Kier alpha value is -14.8. The first-order valence-electron chi connectivity index (χ1n) is 46.5. The van der Waals surface area contributed by atoms with Gasteiger partial charge < -0.3 is 0 Å². The van der Waals surface area contributed by atoms with Crippen molar-refractivity contribution in [1.29, 1.82) is 0 Å². The fraction of sp³-hybridized carbons (Fsp3) is 0.123. The quantitative estimate of drug-likeness (QED) is 0.133. The molecule has 21 aromatic carbocycles. The minimum Gasteiger partial charge on any atom is -0.0619 e. The van der Waals surface area contributed by atoms with Gasteiger partial charge in [0.25, 0.3) is 0 Å². The van der Waals surface area contributed by atoms with Gasteiger partial charge in [0, 0.05) is 27.1 Å². The monoisotopic (exact) mass is 1660 g/mol. The highest BCUT2D eigenvalue weighted by molar-refractivity contribution is 6.25. The van der Waals surface area contributed by atoms with Gasteiger partial charge in [-0.05, 0) is 314 Å². The molecule has 0 fully saturated rings. The van der Waals surface area contributed by atoms with Crippen LogP contribution >= 0.6 is 0 Å². The first kappa shape index (κ1) is 77.5. The molecule has 0 aromatic heterocycles. The van der Waals surface area contributed by atoms with Crippen molar-refractivity contribution in [2.45, 2.75) is 103 Å². The van der Waals surface area contributed by atoms with Crippen LogP contribution in [0, 0.1) is 6.92 Å². The van der Waals surface area contributed by atoms with Crippen molar-refractivity contribution in [3.05, 3.63) is 456 Å². The zero-order valence-corrected chi connectivity index (χ0v) is 75.5. The Balaban J connectivity index is 0.000000154. The fourth-order valence-electron chi connectivity index (χ4n) is 24.6. The van der Waals surface area contributed by atoms with E-state index in [-0.39, 0.29) is 27.1 Å². The van der Waals surface area contributed by atoms with Gasteiger partial charge in [-0.2, -0.15) is 0 Å². The Kier molecular flexibility index (Phi) is 16.9. The molecule has 5 aliphatic rings. The molecule has 26 rings (SSSR count). The van der Waals surface area contributed by atoms with Gasteiger partial charge in [-0.1, -0.05) is 427 Å². The number of rotatable bonds is 8. The lowest BCUT2D eigenvalue weighted by atomic mass is 9.79. The lowest BCUT2D eigenvalue weighted by molar-refractivity contribution is 0.660. The van der Waals surface area contributed by atoms with Gasteiger partial charge in [-0.25, -0.2) is 0 Å². The number of benzene rings is 21. The number of fused-ring (bicyclic) bond motifs is 21. The lowest BCUT2D eigenvalue weighted by Crippen LogP contribution is -2.15. The van der Waals surface area contributed by atoms with Crippen molar-refractivity contribution in [3.8, 4) is 145 Å². The SMILES string of the molecule is CC1(C)c2ccccc2-c2ccc(-c3c4ccccc4c(-c4ccc(-c5ccc6c(-c7ccc8c(c7)C(C)(C)c7ccccc7-8)c7ccccc7c(-c7ccc8c(c7)C(C)(C)c7ccccc7-8)c6c5)cc4)c4ccccc34)cc21.Cc1ccc(-c2ccc3c(-c4ccc5c(c4)C(C)(C)c4ccccc4-5)c4ccccc4c(-c4ccc5c(c4)C(C)(C)c4ccccc4-5)c3c2)cc1. The van der Waals surface area contributed by atoms with E-state index >= 15 is 0 Å². The van der Waals surface area contributed by atoms with Gasteiger partial charge in [0.1, 0.15) is 0 Å². The first-order chi connectivity index (χ1) is 63.2. The molecule has 0 aliphatic heterocycles. The van der Waals surface area contributed by atoms with Crippen LogP contribution in [0.5, 0.6) is 0 Å². The number of hydrogen-bond acceptors (Lipinski definition) is 0.